The SMILES string of the molecule is CC(C)Cc1noc(-c2ccnc(O[C@@H]3CCOC3)c2)n1. The predicted molar refractivity (Wildman–Crippen MR) is 75.9 cm³/mol. The summed E-state index contributed by atoms with van der Waals surface area (Å²) in [7, 11) is 0. The molecule has 3 heterocycles. The lowest BCUT2D eigenvalue weighted by molar-refractivity contribution is 0.138. The van der Waals surface area contributed by atoms with Gasteiger partial charge in [-0.15, -0.1) is 0 Å². The van der Waals surface area contributed by atoms with Crippen molar-refractivity contribution in [2.75, 3.05) is 13.2 Å². The summed E-state index contributed by atoms with van der Waals surface area (Å²) in [6.07, 6.45) is 3.46. The Hall–Kier alpha value is -1.95. The second kappa shape index (κ2) is 6.22. The molecule has 1 saturated heterocycles. The monoisotopic (exact) mass is 289 g/mol. The lowest BCUT2D eigenvalue weighted by Gasteiger charge is -2.10. The summed E-state index contributed by atoms with van der Waals surface area (Å²) in [6, 6.07) is 3.66. The van der Waals surface area contributed by atoms with E-state index in [2.05, 4.69) is 29.0 Å². The molecule has 112 valence electrons. The smallest absolute Gasteiger partial charge is 0.258 e. The molecule has 3 rings (SSSR count). The van der Waals surface area contributed by atoms with Gasteiger partial charge in [-0.05, 0) is 12.0 Å². The number of hydrogen-bond acceptors (Lipinski definition) is 6. The highest BCUT2D eigenvalue weighted by atomic mass is 16.5. The second-order valence-electron chi connectivity index (χ2n) is 5.60. The molecule has 1 aliphatic rings. The average Bonchev–Trinajstić information content (AvgIpc) is 3.10. The number of pyridine rings is 1. The molecule has 0 bridgehead atoms. The van der Waals surface area contributed by atoms with Gasteiger partial charge in [0.25, 0.3) is 5.89 Å². The summed E-state index contributed by atoms with van der Waals surface area (Å²) >= 11 is 0. The Morgan fingerprint density at radius 1 is 1.43 bits per heavy atom. The topological polar surface area (TPSA) is 70.3 Å². The maximum absolute atomic E-state index is 5.78. The van der Waals surface area contributed by atoms with Crippen LogP contribution in [-0.4, -0.2) is 34.4 Å². The van der Waals surface area contributed by atoms with E-state index in [4.69, 9.17) is 14.0 Å². The second-order valence-corrected chi connectivity index (χ2v) is 5.60. The first-order valence-corrected chi connectivity index (χ1v) is 7.24. The van der Waals surface area contributed by atoms with Gasteiger partial charge >= 0.3 is 0 Å². The van der Waals surface area contributed by atoms with Crippen LogP contribution >= 0.6 is 0 Å². The Morgan fingerprint density at radius 2 is 2.33 bits per heavy atom. The fourth-order valence-corrected chi connectivity index (χ4v) is 2.20. The lowest BCUT2D eigenvalue weighted by Crippen LogP contribution is -2.16. The third-order valence-corrected chi connectivity index (χ3v) is 3.22. The molecule has 0 radical (unpaired) electrons. The molecule has 0 aliphatic carbocycles. The third kappa shape index (κ3) is 3.58. The minimum Gasteiger partial charge on any atom is -0.472 e. The van der Waals surface area contributed by atoms with Crippen molar-refractivity contribution < 1.29 is 14.0 Å². The molecule has 1 fully saturated rings. The lowest BCUT2D eigenvalue weighted by atomic mass is 10.1. The van der Waals surface area contributed by atoms with Crippen LogP contribution in [0.1, 0.15) is 26.1 Å². The van der Waals surface area contributed by atoms with E-state index < -0.39 is 0 Å². The number of ether oxygens (including phenoxy) is 2. The molecule has 1 aliphatic heterocycles. The number of hydrogen-bond donors (Lipinski definition) is 0. The van der Waals surface area contributed by atoms with E-state index in [0.717, 1.165) is 30.8 Å². The highest BCUT2D eigenvalue weighted by Crippen LogP contribution is 2.22. The van der Waals surface area contributed by atoms with E-state index in [1.54, 1.807) is 6.20 Å². The first kappa shape index (κ1) is 14.0. The molecule has 0 unspecified atom stereocenters. The Kier molecular flexibility index (Phi) is 4.15. The number of aromatic nitrogens is 3. The molecule has 0 aromatic carbocycles. The van der Waals surface area contributed by atoms with Gasteiger partial charge in [0.2, 0.25) is 5.88 Å². The summed E-state index contributed by atoms with van der Waals surface area (Å²) in [5.41, 5.74) is 0.821. The van der Waals surface area contributed by atoms with Gasteiger partial charge in [0, 0.05) is 30.7 Å². The zero-order valence-corrected chi connectivity index (χ0v) is 12.3. The van der Waals surface area contributed by atoms with Crippen molar-refractivity contribution in [3.05, 3.63) is 24.2 Å². The summed E-state index contributed by atoms with van der Waals surface area (Å²) in [6.45, 7) is 5.60. The maximum atomic E-state index is 5.78. The first-order chi connectivity index (χ1) is 10.2. The molecule has 6 nitrogen and oxygen atoms in total. The van der Waals surface area contributed by atoms with Crippen molar-refractivity contribution in [3.63, 3.8) is 0 Å². The van der Waals surface area contributed by atoms with Crippen LogP contribution in [0.4, 0.5) is 0 Å². The van der Waals surface area contributed by atoms with Gasteiger partial charge in [-0.25, -0.2) is 4.98 Å². The molecule has 1 atom stereocenters. The summed E-state index contributed by atoms with van der Waals surface area (Å²) in [5.74, 6) is 2.28. The van der Waals surface area contributed by atoms with E-state index in [-0.39, 0.29) is 6.10 Å². The van der Waals surface area contributed by atoms with E-state index in [1.807, 2.05) is 12.1 Å². The van der Waals surface area contributed by atoms with Crippen LogP contribution in [-0.2, 0) is 11.2 Å². The summed E-state index contributed by atoms with van der Waals surface area (Å²) in [5, 5.41) is 4.00. The first-order valence-electron chi connectivity index (χ1n) is 7.24. The normalized spacial score (nSPS) is 18.3. The van der Waals surface area contributed by atoms with Gasteiger partial charge in [0.05, 0.1) is 13.2 Å². The zero-order valence-electron chi connectivity index (χ0n) is 12.3. The Balaban J connectivity index is 1.74. The van der Waals surface area contributed by atoms with Crippen molar-refractivity contribution in [3.8, 4) is 17.3 Å². The predicted octanol–water partition coefficient (Wildman–Crippen LogP) is 2.50. The highest BCUT2D eigenvalue weighted by molar-refractivity contribution is 5.53. The van der Waals surface area contributed by atoms with Crippen LogP contribution in [0.15, 0.2) is 22.9 Å². The largest absolute Gasteiger partial charge is 0.472 e. The van der Waals surface area contributed by atoms with Gasteiger partial charge in [-0.3, -0.25) is 0 Å². The van der Waals surface area contributed by atoms with Gasteiger partial charge in [0.15, 0.2) is 5.82 Å². The molecule has 21 heavy (non-hydrogen) atoms. The summed E-state index contributed by atoms with van der Waals surface area (Å²) in [4.78, 5) is 8.62. The summed E-state index contributed by atoms with van der Waals surface area (Å²) < 4.78 is 16.4. The number of rotatable bonds is 5. The molecule has 0 saturated carbocycles. The standard InChI is InChI=1S/C15H19N3O3/c1-10(2)7-13-17-15(21-18-13)11-3-5-16-14(8-11)20-12-4-6-19-9-12/h3,5,8,10,12H,4,6-7,9H2,1-2H3/t12-/m1/s1. The van der Waals surface area contributed by atoms with Crippen molar-refractivity contribution in [1.29, 1.82) is 0 Å². The Labute approximate surface area is 123 Å². The molecule has 6 heteroatoms. The highest BCUT2D eigenvalue weighted by Gasteiger charge is 2.18. The fraction of sp³-hybridized carbons (Fsp3) is 0.533. The van der Waals surface area contributed by atoms with E-state index in [0.29, 0.717) is 24.3 Å². The van der Waals surface area contributed by atoms with Gasteiger partial charge < -0.3 is 14.0 Å². The minimum absolute atomic E-state index is 0.0759. The van der Waals surface area contributed by atoms with Crippen molar-refractivity contribution in [2.24, 2.45) is 5.92 Å². The van der Waals surface area contributed by atoms with Crippen LogP contribution in [0.2, 0.25) is 0 Å². The van der Waals surface area contributed by atoms with Crippen LogP contribution < -0.4 is 4.74 Å². The Morgan fingerprint density at radius 3 is 3.10 bits per heavy atom. The van der Waals surface area contributed by atoms with Crippen molar-refractivity contribution in [2.45, 2.75) is 32.8 Å². The van der Waals surface area contributed by atoms with Gasteiger partial charge in [0.1, 0.15) is 6.10 Å². The quantitative estimate of drug-likeness (QED) is 0.842. The molecule has 0 spiro atoms. The Bertz CT molecular complexity index is 591. The van der Waals surface area contributed by atoms with Crippen LogP contribution in [0.3, 0.4) is 0 Å². The van der Waals surface area contributed by atoms with E-state index in [1.165, 1.54) is 0 Å². The molecule has 0 N–H and O–H groups in total. The van der Waals surface area contributed by atoms with Crippen molar-refractivity contribution in [1.82, 2.24) is 15.1 Å². The van der Waals surface area contributed by atoms with Gasteiger partial charge in [-0.1, -0.05) is 19.0 Å². The van der Waals surface area contributed by atoms with E-state index in [9.17, 15) is 0 Å². The molecule has 2 aromatic rings. The molecule has 2 aromatic heterocycles. The molecule has 0 amide bonds. The number of nitrogens with zero attached hydrogens (tertiary/aromatic N) is 3. The van der Waals surface area contributed by atoms with Crippen LogP contribution in [0.5, 0.6) is 5.88 Å². The maximum Gasteiger partial charge on any atom is 0.258 e. The van der Waals surface area contributed by atoms with Gasteiger partial charge in [-0.2, -0.15) is 4.98 Å². The van der Waals surface area contributed by atoms with Crippen LogP contribution in [0, 0.1) is 5.92 Å². The van der Waals surface area contributed by atoms with Crippen molar-refractivity contribution >= 4 is 0 Å². The van der Waals surface area contributed by atoms with E-state index >= 15 is 0 Å². The molecular formula is C15H19N3O3. The third-order valence-electron chi connectivity index (χ3n) is 3.22. The minimum atomic E-state index is 0.0759. The molecular weight excluding hydrogens is 270 g/mol. The van der Waals surface area contributed by atoms with Crippen LogP contribution in [0.25, 0.3) is 11.5 Å². The fourth-order valence-electron chi connectivity index (χ4n) is 2.20. The zero-order chi connectivity index (χ0) is 14.7. The average molecular weight is 289 g/mol.